The van der Waals surface area contributed by atoms with Crippen LogP contribution < -0.4 is 10.9 Å². The highest BCUT2D eigenvalue weighted by Gasteiger charge is 1.99. The van der Waals surface area contributed by atoms with Gasteiger partial charge in [0.2, 0.25) is 0 Å². The highest BCUT2D eigenvalue weighted by Crippen LogP contribution is 2.06. The molecule has 68 valence electrons. The van der Waals surface area contributed by atoms with E-state index in [1.165, 1.54) is 0 Å². The third kappa shape index (κ3) is 1.46. The summed E-state index contributed by atoms with van der Waals surface area (Å²) in [6.45, 7) is 1.94. The van der Waals surface area contributed by atoms with E-state index in [1.807, 2.05) is 25.3 Å². The summed E-state index contributed by atoms with van der Waals surface area (Å²) in [6.07, 6.45) is 1.87. The Kier molecular flexibility index (Phi) is 1.86. The predicted molar refractivity (Wildman–Crippen MR) is 50.4 cm³/mol. The molecule has 0 saturated carbocycles. The van der Waals surface area contributed by atoms with Crippen LogP contribution in [0.1, 0.15) is 5.69 Å². The van der Waals surface area contributed by atoms with Gasteiger partial charge in [-0.2, -0.15) is 5.10 Å². The Labute approximate surface area is 75.8 Å². The van der Waals surface area contributed by atoms with Crippen molar-refractivity contribution in [2.24, 2.45) is 0 Å². The Morgan fingerprint density at radius 2 is 2.31 bits per heavy atom. The lowest BCUT2D eigenvalue weighted by Gasteiger charge is -2.01. The first-order valence-electron chi connectivity index (χ1n) is 4.05. The van der Waals surface area contributed by atoms with Crippen LogP contribution in [0.2, 0.25) is 0 Å². The van der Waals surface area contributed by atoms with Crippen molar-refractivity contribution in [3.05, 3.63) is 24.0 Å². The lowest BCUT2D eigenvalue weighted by atomic mass is 10.5. The first kappa shape index (κ1) is 8.00. The van der Waals surface area contributed by atoms with E-state index in [-0.39, 0.29) is 0 Å². The normalized spacial score (nSPS) is 10.6. The fraction of sp³-hybridized carbons (Fsp3) is 0.250. The maximum Gasteiger partial charge on any atom is 0.157 e. The first-order chi connectivity index (χ1) is 6.29. The topological polar surface area (TPSA) is 54.2 Å². The molecule has 0 radical (unpaired) electrons. The minimum absolute atomic E-state index is 0.787. The number of rotatable bonds is 2. The van der Waals surface area contributed by atoms with Gasteiger partial charge < -0.3 is 5.43 Å². The van der Waals surface area contributed by atoms with Crippen LogP contribution in [-0.4, -0.2) is 21.6 Å². The van der Waals surface area contributed by atoms with Crippen LogP contribution in [0.4, 0.5) is 5.82 Å². The number of nitrogens with zero attached hydrogens (tertiary/aromatic N) is 3. The highest BCUT2D eigenvalue weighted by molar-refractivity contribution is 5.46. The molecule has 5 nitrogen and oxygen atoms in total. The summed E-state index contributed by atoms with van der Waals surface area (Å²) in [4.78, 5) is 4.31. The molecular weight excluding hydrogens is 166 g/mol. The number of hydrazine groups is 1. The third-order valence-electron chi connectivity index (χ3n) is 1.70. The van der Waals surface area contributed by atoms with E-state index in [9.17, 15) is 0 Å². The number of aromatic nitrogens is 3. The zero-order chi connectivity index (χ0) is 9.26. The molecule has 2 heterocycles. The van der Waals surface area contributed by atoms with Crippen molar-refractivity contribution in [3.8, 4) is 0 Å². The molecule has 0 bridgehead atoms. The fourth-order valence-corrected chi connectivity index (χ4v) is 1.20. The molecule has 0 fully saturated rings. The van der Waals surface area contributed by atoms with Gasteiger partial charge in [-0.05, 0) is 6.92 Å². The van der Waals surface area contributed by atoms with Crippen LogP contribution >= 0.6 is 0 Å². The Hall–Kier alpha value is -1.62. The monoisotopic (exact) mass is 177 g/mol. The van der Waals surface area contributed by atoms with Gasteiger partial charge in [0, 0.05) is 25.4 Å². The average molecular weight is 177 g/mol. The zero-order valence-corrected chi connectivity index (χ0v) is 7.57. The molecule has 0 aromatic carbocycles. The molecule has 2 N–H and O–H groups in total. The Balaban J connectivity index is 2.48. The van der Waals surface area contributed by atoms with Crippen LogP contribution in [0.5, 0.6) is 0 Å². The lowest BCUT2D eigenvalue weighted by molar-refractivity contribution is 0.904. The summed E-state index contributed by atoms with van der Waals surface area (Å²) >= 11 is 0. The van der Waals surface area contributed by atoms with Crippen molar-refractivity contribution >= 4 is 11.5 Å². The summed E-state index contributed by atoms with van der Waals surface area (Å²) in [6, 6.07) is 3.79. The number of fused-ring (bicyclic) bond motifs is 1. The van der Waals surface area contributed by atoms with Gasteiger partial charge in [0.05, 0.1) is 5.69 Å². The van der Waals surface area contributed by atoms with E-state index < -0.39 is 0 Å². The van der Waals surface area contributed by atoms with Gasteiger partial charge in [-0.3, -0.25) is 0 Å². The second kappa shape index (κ2) is 3.02. The quantitative estimate of drug-likeness (QED) is 0.659. The maximum atomic E-state index is 4.31. The van der Waals surface area contributed by atoms with E-state index in [2.05, 4.69) is 20.9 Å². The minimum atomic E-state index is 0.787. The van der Waals surface area contributed by atoms with E-state index >= 15 is 0 Å². The standard InChI is InChI=1S/C8H11N5/c1-6-5-8-10-7(11-9-2)3-4-13(8)12-6/h3-5,9H,1-2H3,(H,10,11). The number of aryl methyl sites for hydroxylation is 1. The molecule has 0 aliphatic carbocycles. The summed E-state index contributed by atoms with van der Waals surface area (Å²) < 4.78 is 1.75. The van der Waals surface area contributed by atoms with Gasteiger partial charge in [0.1, 0.15) is 5.82 Å². The van der Waals surface area contributed by atoms with Crippen LogP contribution in [-0.2, 0) is 0 Å². The Morgan fingerprint density at radius 3 is 3.08 bits per heavy atom. The van der Waals surface area contributed by atoms with Crippen LogP contribution in [0.15, 0.2) is 18.3 Å². The number of hydrogen-bond donors (Lipinski definition) is 2. The van der Waals surface area contributed by atoms with Crippen molar-refractivity contribution < 1.29 is 0 Å². The molecule has 0 unspecified atom stereocenters. The van der Waals surface area contributed by atoms with Gasteiger partial charge in [0.15, 0.2) is 5.65 Å². The van der Waals surface area contributed by atoms with Gasteiger partial charge in [0.25, 0.3) is 0 Å². The first-order valence-corrected chi connectivity index (χ1v) is 4.05. The number of hydrogen-bond acceptors (Lipinski definition) is 4. The highest BCUT2D eigenvalue weighted by atomic mass is 15.4. The zero-order valence-electron chi connectivity index (χ0n) is 7.57. The lowest BCUT2D eigenvalue weighted by Crippen LogP contribution is -2.16. The minimum Gasteiger partial charge on any atom is -0.306 e. The van der Waals surface area contributed by atoms with Crippen LogP contribution in [0.25, 0.3) is 5.65 Å². The van der Waals surface area contributed by atoms with E-state index in [0.29, 0.717) is 0 Å². The Morgan fingerprint density at radius 1 is 1.46 bits per heavy atom. The predicted octanol–water partition coefficient (Wildman–Crippen LogP) is 0.584. The van der Waals surface area contributed by atoms with Crippen LogP contribution in [0, 0.1) is 6.92 Å². The molecule has 2 rings (SSSR count). The fourth-order valence-electron chi connectivity index (χ4n) is 1.20. The molecule has 0 saturated heterocycles. The molecule has 2 aromatic rings. The summed E-state index contributed by atoms with van der Waals surface area (Å²) in [5, 5.41) is 4.22. The molecule has 2 aromatic heterocycles. The van der Waals surface area contributed by atoms with Crippen molar-refractivity contribution in [3.63, 3.8) is 0 Å². The van der Waals surface area contributed by atoms with Crippen molar-refractivity contribution in [1.82, 2.24) is 20.0 Å². The van der Waals surface area contributed by atoms with E-state index in [4.69, 9.17) is 0 Å². The third-order valence-corrected chi connectivity index (χ3v) is 1.70. The summed E-state index contributed by atoms with van der Waals surface area (Å²) in [7, 11) is 1.80. The second-order valence-electron chi connectivity index (χ2n) is 2.78. The summed E-state index contributed by atoms with van der Waals surface area (Å²) in [5.41, 5.74) is 7.53. The summed E-state index contributed by atoms with van der Waals surface area (Å²) in [5.74, 6) is 0.787. The van der Waals surface area contributed by atoms with Crippen molar-refractivity contribution in [2.45, 2.75) is 6.92 Å². The molecule has 0 aliphatic rings. The van der Waals surface area contributed by atoms with Gasteiger partial charge in [-0.1, -0.05) is 0 Å². The number of nitrogens with one attached hydrogen (secondary N) is 2. The average Bonchev–Trinajstić information content (AvgIpc) is 2.44. The maximum absolute atomic E-state index is 4.31. The Bertz CT molecular complexity index is 419. The molecule has 0 aliphatic heterocycles. The SMILES string of the molecule is CNNc1ccn2nc(C)cc2n1. The molecule has 13 heavy (non-hydrogen) atoms. The smallest absolute Gasteiger partial charge is 0.157 e. The van der Waals surface area contributed by atoms with Gasteiger partial charge >= 0.3 is 0 Å². The van der Waals surface area contributed by atoms with Crippen molar-refractivity contribution in [1.29, 1.82) is 0 Å². The largest absolute Gasteiger partial charge is 0.306 e. The van der Waals surface area contributed by atoms with E-state index in [0.717, 1.165) is 17.2 Å². The van der Waals surface area contributed by atoms with Crippen molar-refractivity contribution in [2.75, 3.05) is 12.5 Å². The molecule has 0 spiro atoms. The van der Waals surface area contributed by atoms with Gasteiger partial charge in [-0.15, -0.1) is 0 Å². The number of anilines is 1. The second-order valence-corrected chi connectivity index (χ2v) is 2.78. The van der Waals surface area contributed by atoms with Crippen LogP contribution in [0.3, 0.4) is 0 Å². The van der Waals surface area contributed by atoms with Gasteiger partial charge in [-0.25, -0.2) is 14.9 Å². The molecule has 0 amide bonds. The molecule has 0 atom stereocenters. The molecule has 5 heteroatoms. The molecular formula is C8H11N5. The van der Waals surface area contributed by atoms with E-state index in [1.54, 1.807) is 11.6 Å².